The normalized spacial score (nSPS) is 18.0. The number of amides is 1. The van der Waals surface area contributed by atoms with Crippen LogP contribution >= 0.6 is 0 Å². The van der Waals surface area contributed by atoms with Gasteiger partial charge < -0.3 is 15.7 Å². The zero-order valence-electron chi connectivity index (χ0n) is 20.4. The molecular weight excluding hydrogens is 551 g/mol. The molecular formula is C23H23F9N4O3. The van der Waals surface area contributed by atoms with Gasteiger partial charge in [-0.2, -0.15) is 39.5 Å². The van der Waals surface area contributed by atoms with E-state index in [9.17, 15) is 44.3 Å². The highest BCUT2D eigenvalue weighted by atomic mass is 19.4. The van der Waals surface area contributed by atoms with Gasteiger partial charge in [0.15, 0.2) is 0 Å². The molecule has 0 atom stereocenters. The molecule has 1 aliphatic rings. The van der Waals surface area contributed by atoms with E-state index in [1.807, 2.05) is 13.8 Å². The molecule has 39 heavy (non-hydrogen) atoms. The van der Waals surface area contributed by atoms with Gasteiger partial charge in [-0.3, -0.25) is 4.79 Å². The Kier molecular flexibility index (Phi) is 9.79. The number of hydrogen-bond donors (Lipinski definition) is 3. The van der Waals surface area contributed by atoms with E-state index in [2.05, 4.69) is 20.6 Å². The van der Waals surface area contributed by atoms with Crippen LogP contribution in [0.15, 0.2) is 24.4 Å². The van der Waals surface area contributed by atoms with Gasteiger partial charge in [0.2, 0.25) is 5.95 Å². The van der Waals surface area contributed by atoms with Crippen LogP contribution in [0, 0.1) is 13.8 Å². The van der Waals surface area contributed by atoms with Crippen molar-refractivity contribution in [2.75, 3.05) is 5.32 Å². The predicted molar refractivity (Wildman–Crippen MR) is 119 cm³/mol. The van der Waals surface area contributed by atoms with Crippen molar-refractivity contribution in [3.63, 3.8) is 0 Å². The highest BCUT2D eigenvalue weighted by Crippen LogP contribution is 2.36. The number of carbonyl (C=O) groups is 2. The molecule has 1 heterocycles. The highest BCUT2D eigenvalue weighted by molar-refractivity contribution is 5.94. The summed E-state index contributed by atoms with van der Waals surface area (Å²) in [6.45, 7) is 3.77. The molecule has 0 saturated heterocycles. The Balaban J connectivity index is 0.000000673. The van der Waals surface area contributed by atoms with Crippen molar-refractivity contribution in [2.45, 2.75) is 70.1 Å². The first-order valence-corrected chi connectivity index (χ1v) is 11.2. The van der Waals surface area contributed by atoms with Crippen molar-refractivity contribution in [1.29, 1.82) is 0 Å². The Morgan fingerprint density at radius 3 is 1.72 bits per heavy atom. The average molecular weight is 574 g/mol. The van der Waals surface area contributed by atoms with E-state index in [0.717, 1.165) is 11.3 Å². The van der Waals surface area contributed by atoms with Crippen molar-refractivity contribution in [1.82, 2.24) is 15.3 Å². The van der Waals surface area contributed by atoms with Crippen LogP contribution in [0.5, 0.6) is 0 Å². The van der Waals surface area contributed by atoms with Crippen LogP contribution in [0.4, 0.5) is 45.5 Å². The van der Waals surface area contributed by atoms with Crippen molar-refractivity contribution in [3.05, 3.63) is 52.3 Å². The van der Waals surface area contributed by atoms with Crippen molar-refractivity contribution >= 4 is 17.8 Å². The van der Waals surface area contributed by atoms with Gasteiger partial charge in [-0.15, -0.1) is 0 Å². The number of aliphatic carboxylic acids is 1. The molecule has 0 spiro atoms. The van der Waals surface area contributed by atoms with Crippen LogP contribution in [0.25, 0.3) is 0 Å². The Labute approximate surface area is 215 Å². The number of carboxylic acids is 1. The second-order valence-corrected chi connectivity index (χ2v) is 8.73. The highest BCUT2D eigenvalue weighted by Gasteiger charge is 2.39. The van der Waals surface area contributed by atoms with E-state index >= 15 is 0 Å². The molecule has 0 radical (unpaired) electrons. The van der Waals surface area contributed by atoms with Crippen LogP contribution in [0.1, 0.15) is 58.4 Å². The molecule has 3 N–H and O–H groups in total. The van der Waals surface area contributed by atoms with Gasteiger partial charge in [0.05, 0.1) is 11.1 Å². The Hall–Kier alpha value is -3.59. The van der Waals surface area contributed by atoms with Crippen molar-refractivity contribution < 1.29 is 54.2 Å². The minimum atomic E-state index is -5.08. The molecule has 1 saturated carbocycles. The summed E-state index contributed by atoms with van der Waals surface area (Å²) >= 11 is 0. The fourth-order valence-electron chi connectivity index (χ4n) is 3.52. The second-order valence-electron chi connectivity index (χ2n) is 8.73. The maximum absolute atomic E-state index is 13.0. The maximum Gasteiger partial charge on any atom is 0.490 e. The molecule has 216 valence electrons. The molecule has 1 fully saturated rings. The number of carbonyl (C=O) groups excluding carboxylic acids is 1. The molecule has 16 heteroatoms. The van der Waals surface area contributed by atoms with Gasteiger partial charge in [0, 0.05) is 29.5 Å². The number of carboxylic acid groups (broad SMARTS) is 1. The van der Waals surface area contributed by atoms with E-state index < -0.39 is 47.1 Å². The summed E-state index contributed by atoms with van der Waals surface area (Å²) in [6.07, 6.45) is -11.1. The number of nitrogens with zero attached hydrogens (tertiary/aromatic N) is 2. The molecule has 0 aliphatic heterocycles. The molecule has 1 amide bonds. The van der Waals surface area contributed by atoms with Crippen LogP contribution in [0.3, 0.4) is 0 Å². The van der Waals surface area contributed by atoms with Gasteiger partial charge in [0.1, 0.15) is 0 Å². The Morgan fingerprint density at radius 1 is 0.846 bits per heavy atom. The number of aromatic nitrogens is 2. The van der Waals surface area contributed by atoms with Gasteiger partial charge >= 0.3 is 24.5 Å². The molecule has 1 aromatic carbocycles. The predicted octanol–water partition coefficient (Wildman–Crippen LogP) is 5.92. The average Bonchev–Trinajstić information content (AvgIpc) is 2.81. The lowest BCUT2D eigenvalue weighted by molar-refractivity contribution is -0.192. The van der Waals surface area contributed by atoms with Gasteiger partial charge in [-0.1, -0.05) is 0 Å². The third-order valence-corrected chi connectivity index (χ3v) is 5.71. The van der Waals surface area contributed by atoms with Gasteiger partial charge in [0.25, 0.3) is 5.91 Å². The first kappa shape index (κ1) is 31.6. The summed E-state index contributed by atoms with van der Waals surface area (Å²) in [6, 6.07) is 0.576. The summed E-state index contributed by atoms with van der Waals surface area (Å²) in [5.41, 5.74) is -1.89. The summed E-state index contributed by atoms with van der Waals surface area (Å²) in [5.74, 6) is -3.23. The second kappa shape index (κ2) is 12.1. The number of anilines is 1. The fourth-order valence-corrected chi connectivity index (χ4v) is 3.52. The zero-order chi connectivity index (χ0) is 29.8. The lowest BCUT2D eigenvalue weighted by Crippen LogP contribution is -2.40. The number of alkyl halides is 9. The lowest BCUT2D eigenvalue weighted by Gasteiger charge is -2.30. The number of hydrogen-bond acceptors (Lipinski definition) is 5. The van der Waals surface area contributed by atoms with Crippen LogP contribution in [-0.4, -0.2) is 45.2 Å². The largest absolute Gasteiger partial charge is 0.490 e. The minimum Gasteiger partial charge on any atom is -0.475 e. The maximum atomic E-state index is 13.0. The standard InChI is InChI=1S/C21H22F6N4O.C2HF3O2/c1-11-10-28-19(29-12(11)2)31-17-5-3-16(4-6-17)30-18(32)13-7-14(20(22,23)24)9-15(8-13)21(25,26)27;3-2(4,5)1(6)7/h7-10,16-17H,3-6H2,1-2H3,(H,30,32)(H,28,29,31);(H,6,7)/t16-,17+;. The summed E-state index contributed by atoms with van der Waals surface area (Å²) < 4.78 is 110. The molecule has 7 nitrogen and oxygen atoms in total. The Morgan fingerprint density at radius 2 is 1.31 bits per heavy atom. The van der Waals surface area contributed by atoms with E-state index in [1.165, 1.54) is 0 Å². The van der Waals surface area contributed by atoms with E-state index in [0.29, 0.717) is 43.8 Å². The van der Waals surface area contributed by atoms with Gasteiger partial charge in [-0.05, 0) is 63.3 Å². The molecule has 3 rings (SSSR count). The topological polar surface area (TPSA) is 104 Å². The van der Waals surface area contributed by atoms with Crippen LogP contribution < -0.4 is 10.6 Å². The molecule has 1 aliphatic carbocycles. The summed E-state index contributed by atoms with van der Waals surface area (Å²) in [5, 5.41) is 12.9. The number of nitrogens with one attached hydrogen (secondary N) is 2. The van der Waals surface area contributed by atoms with E-state index in [4.69, 9.17) is 9.90 Å². The minimum absolute atomic E-state index is 0.00250. The smallest absolute Gasteiger partial charge is 0.475 e. The number of benzene rings is 1. The van der Waals surface area contributed by atoms with Crippen LogP contribution in [0.2, 0.25) is 0 Å². The van der Waals surface area contributed by atoms with Crippen LogP contribution in [-0.2, 0) is 17.1 Å². The van der Waals surface area contributed by atoms with E-state index in [1.54, 1.807) is 6.20 Å². The summed E-state index contributed by atoms with van der Waals surface area (Å²) in [7, 11) is 0. The number of rotatable bonds is 4. The van der Waals surface area contributed by atoms with Gasteiger partial charge in [-0.25, -0.2) is 14.8 Å². The van der Waals surface area contributed by atoms with E-state index in [-0.39, 0.29) is 18.2 Å². The molecule has 0 bridgehead atoms. The lowest BCUT2D eigenvalue weighted by atomic mass is 9.91. The first-order chi connectivity index (χ1) is 17.8. The quantitative estimate of drug-likeness (QED) is 0.392. The molecule has 2 aromatic rings. The van der Waals surface area contributed by atoms with Crippen molar-refractivity contribution in [3.8, 4) is 0 Å². The fraction of sp³-hybridized carbons (Fsp3) is 0.478. The third-order valence-electron chi connectivity index (χ3n) is 5.71. The van der Waals surface area contributed by atoms with Crippen molar-refractivity contribution in [2.24, 2.45) is 0 Å². The molecule has 1 aromatic heterocycles. The molecule has 0 unspecified atom stereocenters. The summed E-state index contributed by atoms with van der Waals surface area (Å²) in [4.78, 5) is 29.9. The first-order valence-electron chi connectivity index (χ1n) is 11.2. The third kappa shape index (κ3) is 9.58. The zero-order valence-corrected chi connectivity index (χ0v) is 20.4. The SMILES string of the molecule is Cc1cnc(N[C@H]2CC[C@@H](NC(=O)c3cc(C(F)(F)F)cc(C(F)(F)F)c3)CC2)nc1C.O=C(O)C(F)(F)F. The Bertz CT molecular complexity index is 1140. The monoisotopic (exact) mass is 574 g/mol. The number of aryl methyl sites for hydroxylation is 2. The number of halogens is 9.